The molecule has 1 aromatic heterocycles. The van der Waals surface area contributed by atoms with Gasteiger partial charge in [0.05, 0.1) is 17.4 Å². The summed E-state index contributed by atoms with van der Waals surface area (Å²) in [5, 5.41) is 3.07. The molecule has 0 aliphatic carbocycles. The zero-order valence-corrected chi connectivity index (χ0v) is 17.6. The van der Waals surface area contributed by atoms with Crippen molar-refractivity contribution in [2.24, 2.45) is 0 Å². The minimum absolute atomic E-state index is 0.0569. The van der Waals surface area contributed by atoms with Gasteiger partial charge in [0.25, 0.3) is 5.91 Å². The molecule has 1 N–H and O–H groups in total. The maximum atomic E-state index is 12.9. The van der Waals surface area contributed by atoms with Crippen molar-refractivity contribution >= 4 is 17.3 Å². The first-order valence-electron chi connectivity index (χ1n) is 10.0. The summed E-state index contributed by atoms with van der Waals surface area (Å²) in [6, 6.07) is 20.2. The fourth-order valence-corrected chi connectivity index (χ4v) is 3.35. The van der Waals surface area contributed by atoms with Gasteiger partial charge in [0.2, 0.25) is 0 Å². The van der Waals surface area contributed by atoms with Crippen LogP contribution < -0.4 is 10.2 Å². The van der Waals surface area contributed by atoms with Gasteiger partial charge in [0, 0.05) is 25.0 Å². The van der Waals surface area contributed by atoms with E-state index in [1.165, 1.54) is 5.56 Å². The van der Waals surface area contributed by atoms with E-state index in [1.807, 2.05) is 48.7 Å². The predicted octanol–water partition coefficient (Wildman–Crippen LogP) is 5.66. The zero-order valence-electron chi connectivity index (χ0n) is 17.6. The molecule has 0 aliphatic heterocycles. The molecule has 3 aromatic rings. The fourth-order valence-electron chi connectivity index (χ4n) is 3.35. The van der Waals surface area contributed by atoms with Gasteiger partial charge in [-0.15, -0.1) is 0 Å². The summed E-state index contributed by atoms with van der Waals surface area (Å²) in [5.74, 6) is -0.146. The molecular formula is C25H29N3O. The first kappa shape index (κ1) is 20.6. The number of para-hydroxylation sites is 1. The van der Waals surface area contributed by atoms with Gasteiger partial charge in [-0.3, -0.25) is 9.78 Å². The first-order valence-corrected chi connectivity index (χ1v) is 10.0. The Balaban J connectivity index is 1.81. The van der Waals surface area contributed by atoms with Crippen molar-refractivity contribution < 1.29 is 4.79 Å². The molecule has 150 valence electrons. The molecule has 0 atom stereocenters. The van der Waals surface area contributed by atoms with E-state index in [4.69, 9.17) is 0 Å². The summed E-state index contributed by atoms with van der Waals surface area (Å²) in [7, 11) is 0. The van der Waals surface area contributed by atoms with Gasteiger partial charge >= 0.3 is 0 Å². The zero-order chi connectivity index (χ0) is 20.9. The van der Waals surface area contributed by atoms with Crippen molar-refractivity contribution in [3.8, 4) is 0 Å². The van der Waals surface area contributed by atoms with Crippen LogP contribution in [0.3, 0.4) is 0 Å². The lowest BCUT2D eigenvalue weighted by Crippen LogP contribution is -2.23. The Labute approximate surface area is 173 Å². The third-order valence-electron chi connectivity index (χ3n) is 4.93. The SMILES string of the molecule is CCN(Cc1ccccc1)c1cncc(C(=O)Nc2ccccc2C(C)(C)C)c1. The van der Waals surface area contributed by atoms with Crippen LogP contribution in [0.25, 0.3) is 0 Å². The first-order chi connectivity index (χ1) is 13.9. The summed E-state index contributed by atoms with van der Waals surface area (Å²) in [6.07, 6.45) is 3.43. The molecule has 2 aromatic carbocycles. The third-order valence-corrected chi connectivity index (χ3v) is 4.93. The van der Waals surface area contributed by atoms with Gasteiger partial charge in [-0.05, 0) is 35.6 Å². The van der Waals surface area contributed by atoms with Gasteiger partial charge in [-0.1, -0.05) is 69.3 Å². The Morgan fingerprint density at radius 1 is 1.00 bits per heavy atom. The maximum Gasteiger partial charge on any atom is 0.257 e. The molecule has 0 saturated carbocycles. The highest BCUT2D eigenvalue weighted by Gasteiger charge is 2.19. The van der Waals surface area contributed by atoms with Crippen LogP contribution >= 0.6 is 0 Å². The number of carbonyl (C=O) groups excluding carboxylic acids is 1. The summed E-state index contributed by atoms with van der Waals surface area (Å²) in [4.78, 5) is 19.5. The average molecular weight is 388 g/mol. The van der Waals surface area contributed by atoms with E-state index in [2.05, 4.69) is 61.1 Å². The lowest BCUT2D eigenvalue weighted by atomic mass is 9.86. The summed E-state index contributed by atoms with van der Waals surface area (Å²) in [5.41, 5.74) is 4.61. The molecule has 1 amide bonds. The molecule has 1 heterocycles. The summed E-state index contributed by atoms with van der Waals surface area (Å²) in [6.45, 7) is 10.1. The number of nitrogens with zero attached hydrogens (tertiary/aromatic N) is 2. The van der Waals surface area contributed by atoms with E-state index < -0.39 is 0 Å². The normalized spacial score (nSPS) is 11.2. The lowest BCUT2D eigenvalue weighted by Gasteiger charge is -2.24. The quantitative estimate of drug-likeness (QED) is 0.594. The minimum Gasteiger partial charge on any atom is -0.366 e. The minimum atomic E-state index is -0.146. The molecule has 0 unspecified atom stereocenters. The molecule has 0 aliphatic rings. The van der Waals surface area contributed by atoms with Crippen LogP contribution in [0.1, 0.15) is 49.2 Å². The smallest absolute Gasteiger partial charge is 0.257 e. The third kappa shape index (κ3) is 5.23. The molecule has 0 bridgehead atoms. The van der Waals surface area contributed by atoms with Crippen molar-refractivity contribution in [1.82, 2.24) is 4.98 Å². The van der Waals surface area contributed by atoms with Crippen molar-refractivity contribution in [3.63, 3.8) is 0 Å². The second-order valence-corrected chi connectivity index (χ2v) is 8.18. The van der Waals surface area contributed by atoms with Crippen LogP contribution in [0.4, 0.5) is 11.4 Å². The summed E-state index contributed by atoms with van der Waals surface area (Å²) >= 11 is 0. The van der Waals surface area contributed by atoms with E-state index in [1.54, 1.807) is 6.20 Å². The molecule has 0 spiro atoms. The van der Waals surface area contributed by atoms with E-state index in [0.29, 0.717) is 5.56 Å². The molecule has 0 saturated heterocycles. The lowest BCUT2D eigenvalue weighted by molar-refractivity contribution is 0.102. The Kier molecular flexibility index (Phi) is 6.32. The van der Waals surface area contributed by atoms with E-state index in [-0.39, 0.29) is 11.3 Å². The number of nitrogens with one attached hydrogen (secondary N) is 1. The molecule has 0 fully saturated rings. The van der Waals surface area contributed by atoms with Crippen LogP contribution in [-0.4, -0.2) is 17.4 Å². The molecule has 3 rings (SSSR count). The molecular weight excluding hydrogens is 358 g/mol. The van der Waals surface area contributed by atoms with Crippen molar-refractivity contribution in [2.75, 3.05) is 16.8 Å². The predicted molar refractivity (Wildman–Crippen MR) is 120 cm³/mol. The molecule has 4 heteroatoms. The van der Waals surface area contributed by atoms with Crippen molar-refractivity contribution in [2.45, 2.75) is 39.7 Å². The van der Waals surface area contributed by atoms with Crippen LogP contribution in [0.5, 0.6) is 0 Å². The van der Waals surface area contributed by atoms with Crippen LogP contribution in [-0.2, 0) is 12.0 Å². The van der Waals surface area contributed by atoms with E-state index in [0.717, 1.165) is 30.0 Å². The van der Waals surface area contributed by atoms with Gasteiger partial charge in [-0.25, -0.2) is 0 Å². The second-order valence-electron chi connectivity index (χ2n) is 8.18. The van der Waals surface area contributed by atoms with Crippen LogP contribution in [0.15, 0.2) is 73.1 Å². The Hall–Kier alpha value is -3.14. The van der Waals surface area contributed by atoms with Crippen molar-refractivity contribution in [1.29, 1.82) is 0 Å². The van der Waals surface area contributed by atoms with E-state index >= 15 is 0 Å². The highest BCUT2D eigenvalue weighted by Crippen LogP contribution is 2.29. The molecule has 29 heavy (non-hydrogen) atoms. The summed E-state index contributed by atoms with van der Waals surface area (Å²) < 4.78 is 0. The molecule has 4 nitrogen and oxygen atoms in total. The second kappa shape index (κ2) is 8.91. The van der Waals surface area contributed by atoms with Crippen LogP contribution in [0, 0.1) is 0 Å². The number of hydrogen-bond acceptors (Lipinski definition) is 3. The number of anilines is 2. The van der Waals surface area contributed by atoms with Gasteiger partial charge in [0.1, 0.15) is 0 Å². The Morgan fingerprint density at radius 2 is 1.69 bits per heavy atom. The average Bonchev–Trinajstić information content (AvgIpc) is 2.72. The molecule has 0 radical (unpaired) electrons. The number of amides is 1. The number of aromatic nitrogens is 1. The number of benzene rings is 2. The largest absolute Gasteiger partial charge is 0.366 e. The van der Waals surface area contributed by atoms with Crippen LogP contribution in [0.2, 0.25) is 0 Å². The van der Waals surface area contributed by atoms with Gasteiger partial charge < -0.3 is 10.2 Å². The Morgan fingerprint density at radius 3 is 2.38 bits per heavy atom. The van der Waals surface area contributed by atoms with E-state index in [9.17, 15) is 4.79 Å². The topological polar surface area (TPSA) is 45.2 Å². The highest BCUT2D eigenvalue weighted by atomic mass is 16.1. The highest BCUT2D eigenvalue weighted by molar-refractivity contribution is 6.05. The number of hydrogen-bond donors (Lipinski definition) is 1. The van der Waals surface area contributed by atoms with Gasteiger partial charge in [-0.2, -0.15) is 0 Å². The number of carbonyl (C=O) groups is 1. The number of rotatable bonds is 6. The maximum absolute atomic E-state index is 12.9. The Bertz CT molecular complexity index is 961. The number of pyridine rings is 1. The standard InChI is InChI=1S/C25H29N3O/c1-5-28(18-19-11-7-6-8-12-19)21-15-20(16-26-17-21)24(29)27-23-14-10-9-13-22(23)25(2,3)4/h6-17H,5,18H2,1-4H3,(H,27,29). The van der Waals surface area contributed by atoms with Crippen molar-refractivity contribution in [3.05, 3.63) is 89.7 Å². The fraction of sp³-hybridized carbons (Fsp3) is 0.280. The monoisotopic (exact) mass is 387 g/mol. The van der Waals surface area contributed by atoms with Gasteiger partial charge in [0.15, 0.2) is 0 Å².